The smallest absolute Gasteiger partial charge is 0.311 e. The Bertz CT molecular complexity index is 588. The van der Waals surface area contributed by atoms with Crippen LogP contribution in [0.2, 0.25) is 9.49 Å². The number of hydrogen-bond acceptors (Lipinski definition) is 5. The van der Waals surface area contributed by atoms with Crippen molar-refractivity contribution in [1.82, 2.24) is 4.98 Å². The maximum Gasteiger partial charge on any atom is 0.311 e. The predicted octanol–water partition coefficient (Wildman–Crippen LogP) is 3.97. The van der Waals surface area contributed by atoms with E-state index in [1.807, 2.05) is 6.07 Å². The Hall–Kier alpha value is -1.37. The van der Waals surface area contributed by atoms with E-state index in [1.54, 1.807) is 6.07 Å². The van der Waals surface area contributed by atoms with Crippen LogP contribution in [-0.4, -0.2) is 9.91 Å². The molecule has 0 radical (unpaired) electrons. The Balaban J connectivity index is 2.17. The molecule has 18 heavy (non-hydrogen) atoms. The first-order chi connectivity index (χ1) is 8.56. The number of rotatable bonds is 4. The molecule has 5 nitrogen and oxygen atoms in total. The van der Waals surface area contributed by atoms with Crippen molar-refractivity contribution < 1.29 is 4.92 Å². The van der Waals surface area contributed by atoms with Crippen LogP contribution in [0, 0.1) is 10.1 Å². The van der Waals surface area contributed by atoms with E-state index in [-0.39, 0.29) is 16.7 Å². The van der Waals surface area contributed by atoms with E-state index in [2.05, 4.69) is 10.3 Å². The summed E-state index contributed by atoms with van der Waals surface area (Å²) in [5.74, 6) is 0.150. The summed E-state index contributed by atoms with van der Waals surface area (Å²) in [7, 11) is 0. The molecule has 0 atom stereocenters. The second-order valence-electron chi connectivity index (χ2n) is 3.32. The SMILES string of the molecule is O=[N+]([O-])c1ccc(Cl)nc1NCc1ccc(Cl)s1. The molecule has 2 heterocycles. The molecule has 0 saturated carbocycles. The quantitative estimate of drug-likeness (QED) is 0.527. The number of thiophene rings is 1. The van der Waals surface area contributed by atoms with E-state index in [0.717, 1.165) is 4.88 Å². The highest BCUT2D eigenvalue weighted by Gasteiger charge is 2.15. The van der Waals surface area contributed by atoms with Crippen molar-refractivity contribution in [3.8, 4) is 0 Å². The van der Waals surface area contributed by atoms with Crippen LogP contribution >= 0.6 is 34.5 Å². The first kappa shape index (κ1) is 13.1. The Kier molecular flexibility index (Phi) is 4.00. The molecule has 0 aliphatic rings. The second kappa shape index (κ2) is 5.51. The second-order valence-corrected chi connectivity index (χ2v) is 5.51. The van der Waals surface area contributed by atoms with Crippen LogP contribution in [-0.2, 0) is 6.54 Å². The van der Waals surface area contributed by atoms with Crippen LogP contribution in [0.5, 0.6) is 0 Å². The number of nitro groups is 1. The van der Waals surface area contributed by atoms with Gasteiger partial charge in [-0.05, 0) is 18.2 Å². The number of hydrogen-bond donors (Lipinski definition) is 1. The van der Waals surface area contributed by atoms with Crippen molar-refractivity contribution in [3.05, 3.63) is 48.7 Å². The number of anilines is 1. The summed E-state index contributed by atoms with van der Waals surface area (Å²) >= 11 is 12.9. The number of pyridine rings is 1. The highest BCUT2D eigenvalue weighted by atomic mass is 35.5. The van der Waals surface area contributed by atoms with Gasteiger partial charge in [0.1, 0.15) is 5.15 Å². The topological polar surface area (TPSA) is 68.1 Å². The third kappa shape index (κ3) is 3.10. The summed E-state index contributed by atoms with van der Waals surface area (Å²) in [6, 6.07) is 6.31. The van der Waals surface area contributed by atoms with Gasteiger partial charge in [0.05, 0.1) is 15.8 Å². The monoisotopic (exact) mass is 303 g/mol. The number of nitrogens with zero attached hydrogens (tertiary/aromatic N) is 2. The third-order valence-corrected chi connectivity index (χ3v) is 3.54. The van der Waals surface area contributed by atoms with Crippen LogP contribution in [0.15, 0.2) is 24.3 Å². The van der Waals surface area contributed by atoms with Crippen molar-refractivity contribution in [1.29, 1.82) is 0 Å². The van der Waals surface area contributed by atoms with Gasteiger partial charge in [0.25, 0.3) is 0 Å². The normalized spacial score (nSPS) is 10.3. The summed E-state index contributed by atoms with van der Waals surface area (Å²) in [5.41, 5.74) is -0.109. The molecule has 2 aromatic rings. The fraction of sp³-hybridized carbons (Fsp3) is 0.100. The third-order valence-electron chi connectivity index (χ3n) is 2.10. The maximum absolute atomic E-state index is 10.8. The van der Waals surface area contributed by atoms with Crippen LogP contribution < -0.4 is 5.32 Å². The van der Waals surface area contributed by atoms with Crippen molar-refractivity contribution in [2.24, 2.45) is 0 Å². The zero-order valence-corrected chi connectivity index (χ0v) is 11.2. The molecule has 0 amide bonds. The van der Waals surface area contributed by atoms with Gasteiger partial charge in [0.15, 0.2) is 0 Å². The van der Waals surface area contributed by atoms with Gasteiger partial charge in [0, 0.05) is 10.9 Å². The van der Waals surface area contributed by atoms with Crippen molar-refractivity contribution in [3.63, 3.8) is 0 Å². The minimum atomic E-state index is -0.507. The van der Waals surface area contributed by atoms with Crippen molar-refractivity contribution >= 4 is 46.0 Å². The predicted molar refractivity (Wildman–Crippen MR) is 72.6 cm³/mol. The van der Waals surface area contributed by atoms with Crippen LogP contribution in [0.3, 0.4) is 0 Å². The molecule has 1 N–H and O–H groups in total. The minimum absolute atomic E-state index is 0.109. The maximum atomic E-state index is 10.8. The lowest BCUT2D eigenvalue weighted by Gasteiger charge is -2.04. The first-order valence-corrected chi connectivity index (χ1v) is 6.42. The lowest BCUT2D eigenvalue weighted by molar-refractivity contribution is -0.384. The van der Waals surface area contributed by atoms with E-state index in [0.29, 0.717) is 10.9 Å². The first-order valence-electron chi connectivity index (χ1n) is 4.85. The number of aromatic nitrogens is 1. The fourth-order valence-corrected chi connectivity index (χ4v) is 2.50. The number of halogens is 2. The molecule has 0 saturated heterocycles. The van der Waals surface area contributed by atoms with Gasteiger partial charge in [-0.25, -0.2) is 4.98 Å². The number of nitrogens with one attached hydrogen (secondary N) is 1. The highest BCUT2D eigenvalue weighted by molar-refractivity contribution is 7.16. The molecule has 0 aliphatic carbocycles. The molecule has 94 valence electrons. The Morgan fingerprint density at radius 2 is 2.11 bits per heavy atom. The summed E-state index contributed by atoms with van der Waals surface area (Å²) in [6.07, 6.45) is 0. The minimum Gasteiger partial charge on any atom is -0.359 e. The zero-order chi connectivity index (χ0) is 13.1. The molecular formula is C10H7Cl2N3O2S. The summed E-state index contributed by atoms with van der Waals surface area (Å²) in [6.45, 7) is 0.408. The zero-order valence-electron chi connectivity index (χ0n) is 8.89. The van der Waals surface area contributed by atoms with E-state index in [9.17, 15) is 10.1 Å². The molecule has 2 rings (SSSR count). The van der Waals surface area contributed by atoms with Crippen LogP contribution in [0.4, 0.5) is 11.5 Å². The molecular weight excluding hydrogens is 297 g/mol. The van der Waals surface area contributed by atoms with E-state index in [4.69, 9.17) is 23.2 Å². The molecule has 0 aliphatic heterocycles. The molecule has 0 spiro atoms. The van der Waals surface area contributed by atoms with Crippen molar-refractivity contribution in [2.75, 3.05) is 5.32 Å². The van der Waals surface area contributed by atoms with Gasteiger partial charge >= 0.3 is 5.69 Å². The van der Waals surface area contributed by atoms with Gasteiger partial charge < -0.3 is 5.32 Å². The van der Waals surface area contributed by atoms with E-state index in [1.165, 1.54) is 23.5 Å². The molecule has 2 aromatic heterocycles. The van der Waals surface area contributed by atoms with Gasteiger partial charge in [-0.2, -0.15) is 0 Å². The molecule has 0 unspecified atom stereocenters. The van der Waals surface area contributed by atoms with Crippen LogP contribution in [0.1, 0.15) is 4.88 Å². The average Bonchev–Trinajstić information content (AvgIpc) is 2.72. The van der Waals surface area contributed by atoms with Gasteiger partial charge in [0.2, 0.25) is 5.82 Å². The Morgan fingerprint density at radius 1 is 1.33 bits per heavy atom. The van der Waals surface area contributed by atoms with Gasteiger partial charge in [-0.1, -0.05) is 23.2 Å². The fourth-order valence-electron chi connectivity index (χ4n) is 1.32. The van der Waals surface area contributed by atoms with Gasteiger partial charge in [-0.15, -0.1) is 11.3 Å². The highest BCUT2D eigenvalue weighted by Crippen LogP contribution is 2.26. The average molecular weight is 304 g/mol. The van der Waals surface area contributed by atoms with Crippen molar-refractivity contribution in [2.45, 2.75) is 6.54 Å². The van der Waals surface area contributed by atoms with E-state index >= 15 is 0 Å². The largest absolute Gasteiger partial charge is 0.359 e. The molecule has 0 bridgehead atoms. The molecule has 0 fully saturated rings. The lowest BCUT2D eigenvalue weighted by Crippen LogP contribution is -2.03. The Labute approximate surface area is 117 Å². The molecule has 8 heteroatoms. The standard InChI is InChI=1S/C10H7Cl2N3O2S/c11-8-3-2-7(15(16)17)10(14-8)13-5-6-1-4-9(12)18-6/h1-4H,5H2,(H,13,14). The summed E-state index contributed by atoms with van der Waals surface area (Å²) < 4.78 is 0.667. The molecule has 0 aromatic carbocycles. The van der Waals surface area contributed by atoms with Crippen LogP contribution in [0.25, 0.3) is 0 Å². The Morgan fingerprint density at radius 3 is 2.72 bits per heavy atom. The van der Waals surface area contributed by atoms with Gasteiger partial charge in [-0.3, -0.25) is 10.1 Å². The van der Waals surface area contributed by atoms with E-state index < -0.39 is 4.92 Å². The summed E-state index contributed by atoms with van der Waals surface area (Å²) in [5, 5.41) is 13.9. The summed E-state index contributed by atoms with van der Waals surface area (Å²) in [4.78, 5) is 15.2. The lowest BCUT2D eigenvalue weighted by atomic mass is 10.4.